The molecule has 1 N–H and O–H groups in total. The molecule has 0 spiro atoms. The van der Waals surface area contributed by atoms with Crippen molar-refractivity contribution in [2.24, 2.45) is 11.3 Å². The standard InChI is InChI=1S/C12H20O3/c13-11(14)7-12(5-6-12)9-15-8-10-3-1-2-4-10/h10H,1-9H2,(H,13,14). The normalized spacial score (nSPS) is 24.3. The highest BCUT2D eigenvalue weighted by atomic mass is 16.5. The third-order valence-corrected chi connectivity index (χ3v) is 3.72. The zero-order valence-electron chi connectivity index (χ0n) is 9.21. The van der Waals surface area contributed by atoms with Crippen LogP contribution < -0.4 is 0 Å². The summed E-state index contributed by atoms with van der Waals surface area (Å²) in [7, 11) is 0. The Labute approximate surface area is 90.8 Å². The van der Waals surface area contributed by atoms with Gasteiger partial charge in [0.2, 0.25) is 0 Å². The van der Waals surface area contributed by atoms with Gasteiger partial charge >= 0.3 is 5.97 Å². The Balaban J connectivity index is 1.62. The van der Waals surface area contributed by atoms with E-state index in [1.807, 2.05) is 0 Å². The van der Waals surface area contributed by atoms with E-state index in [-0.39, 0.29) is 11.8 Å². The number of hydrogen-bond donors (Lipinski definition) is 1. The average molecular weight is 212 g/mol. The number of carbonyl (C=O) groups is 1. The highest BCUT2D eigenvalue weighted by molar-refractivity contribution is 5.68. The van der Waals surface area contributed by atoms with Crippen molar-refractivity contribution in [2.75, 3.05) is 13.2 Å². The molecule has 0 atom stereocenters. The fourth-order valence-corrected chi connectivity index (χ4v) is 2.49. The van der Waals surface area contributed by atoms with E-state index < -0.39 is 5.97 Å². The lowest BCUT2D eigenvalue weighted by atomic mass is 10.0. The number of aliphatic carboxylic acids is 1. The van der Waals surface area contributed by atoms with Crippen molar-refractivity contribution in [3.05, 3.63) is 0 Å². The number of rotatable bonds is 6. The quantitative estimate of drug-likeness (QED) is 0.735. The van der Waals surface area contributed by atoms with Crippen LogP contribution in [-0.4, -0.2) is 24.3 Å². The van der Waals surface area contributed by atoms with Crippen LogP contribution in [0.3, 0.4) is 0 Å². The van der Waals surface area contributed by atoms with E-state index >= 15 is 0 Å². The van der Waals surface area contributed by atoms with Gasteiger partial charge in [-0.1, -0.05) is 12.8 Å². The summed E-state index contributed by atoms with van der Waals surface area (Å²) in [5, 5.41) is 8.74. The highest BCUT2D eigenvalue weighted by Crippen LogP contribution is 2.49. The Bertz CT molecular complexity index is 227. The monoisotopic (exact) mass is 212 g/mol. The minimum Gasteiger partial charge on any atom is -0.481 e. The van der Waals surface area contributed by atoms with Gasteiger partial charge in [-0.15, -0.1) is 0 Å². The summed E-state index contributed by atoms with van der Waals surface area (Å²) in [4.78, 5) is 10.6. The van der Waals surface area contributed by atoms with E-state index in [0.717, 1.165) is 25.4 Å². The Morgan fingerprint density at radius 3 is 2.53 bits per heavy atom. The summed E-state index contributed by atoms with van der Waals surface area (Å²) >= 11 is 0. The van der Waals surface area contributed by atoms with Crippen molar-refractivity contribution in [3.8, 4) is 0 Å². The summed E-state index contributed by atoms with van der Waals surface area (Å²) in [6, 6.07) is 0. The minimum atomic E-state index is -0.683. The average Bonchev–Trinajstić information content (AvgIpc) is 2.74. The van der Waals surface area contributed by atoms with Gasteiger partial charge in [0.05, 0.1) is 13.0 Å². The molecule has 0 aromatic rings. The van der Waals surface area contributed by atoms with Crippen LogP contribution in [-0.2, 0) is 9.53 Å². The number of ether oxygens (including phenoxy) is 1. The molecule has 0 aromatic heterocycles. The number of carboxylic acid groups (broad SMARTS) is 1. The zero-order valence-corrected chi connectivity index (χ0v) is 9.21. The van der Waals surface area contributed by atoms with Gasteiger partial charge in [0, 0.05) is 12.0 Å². The smallest absolute Gasteiger partial charge is 0.303 e. The van der Waals surface area contributed by atoms with Crippen LogP contribution in [0.15, 0.2) is 0 Å². The first kappa shape index (κ1) is 10.9. The molecule has 2 aliphatic rings. The summed E-state index contributed by atoms with van der Waals surface area (Å²) in [5.41, 5.74) is 0.00440. The van der Waals surface area contributed by atoms with Gasteiger partial charge in [0.1, 0.15) is 0 Å². The van der Waals surface area contributed by atoms with Gasteiger partial charge in [-0.25, -0.2) is 0 Å². The first-order valence-electron chi connectivity index (χ1n) is 6.00. The number of hydrogen-bond acceptors (Lipinski definition) is 2. The first-order valence-corrected chi connectivity index (χ1v) is 6.00. The molecule has 2 fully saturated rings. The molecule has 15 heavy (non-hydrogen) atoms. The third kappa shape index (κ3) is 3.20. The maximum atomic E-state index is 10.6. The molecule has 0 unspecified atom stereocenters. The second-order valence-corrected chi connectivity index (χ2v) is 5.24. The molecule has 2 rings (SSSR count). The van der Waals surface area contributed by atoms with E-state index in [2.05, 4.69) is 0 Å². The van der Waals surface area contributed by atoms with E-state index in [1.165, 1.54) is 25.7 Å². The van der Waals surface area contributed by atoms with Crippen LogP contribution in [0.1, 0.15) is 44.9 Å². The van der Waals surface area contributed by atoms with Gasteiger partial charge < -0.3 is 9.84 Å². The molecule has 0 aliphatic heterocycles. The first-order chi connectivity index (χ1) is 7.20. The van der Waals surface area contributed by atoms with Crippen molar-refractivity contribution in [2.45, 2.75) is 44.9 Å². The third-order valence-electron chi connectivity index (χ3n) is 3.72. The SMILES string of the molecule is O=C(O)CC1(COCC2CCCC2)CC1. The molecule has 0 aromatic carbocycles. The summed E-state index contributed by atoms with van der Waals surface area (Å²) in [5.74, 6) is 0.0580. The molecular weight excluding hydrogens is 192 g/mol. The second kappa shape index (κ2) is 4.52. The Kier molecular flexibility index (Phi) is 3.29. The van der Waals surface area contributed by atoms with Gasteiger partial charge in [-0.2, -0.15) is 0 Å². The lowest BCUT2D eigenvalue weighted by Crippen LogP contribution is -2.17. The Morgan fingerprint density at radius 2 is 2.00 bits per heavy atom. The van der Waals surface area contributed by atoms with Gasteiger partial charge in [-0.3, -0.25) is 4.79 Å². The molecule has 0 saturated heterocycles. The van der Waals surface area contributed by atoms with Crippen molar-refractivity contribution in [3.63, 3.8) is 0 Å². The molecule has 0 amide bonds. The van der Waals surface area contributed by atoms with Crippen LogP contribution in [0.2, 0.25) is 0 Å². The molecule has 86 valence electrons. The molecule has 0 radical (unpaired) electrons. The number of carboxylic acids is 1. The summed E-state index contributed by atoms with van der Waals surface area (Å²) < 4.78 is 5.68. The maximum Gasteiger partial charge on any atom is 0.303 e. The summed E-state index contributed by atoms with van der Waals surface area (Å²) in [6.45, 7) is 1.51. The molecule has 3 heteroatoms. The molecule has 2 saturated carbocycles. The van der Waals surface area contributed by atoms with Crippen LogP contribution in [0, 0.1) is 11.3 Å². The molecule has 0 heterocycles. The Hall–Kier alpha value is -0.570. The fraction of sp³-hybridized carbons (Fsp3) is 0.917. The molecule has 3 nitrogen and oxygen atoms in total. The summed E-state index contributed by atoms with van der Waals surface area (Å²) in [6.07, 6.45) is 7.63. The fourth-order valence-electron chi connectivity index (χ4n) is 2.49. The van der Waals surface area contributed by atoms with E-state index in [1.54, 1.807) is 0 Å². The van der Waals surface area contributed by atoms with Crippen LogP contribution in [0.4, 0.5) is 0 Å². The van der Waals surface area contributed by atoms with Gasteiger partial charge in [-0.05, 0) is 31.6 Å². The maximum absolute atomic E-state index is 10.6. The second-order valence-electron chi connectivity index (χ2n) is 5.24. The molecular formula is C12H20O3. The van der Waals surface area contributed by atoms with Gasteiger partial charge in [0.25, 0.3) is 0 Å². The van der Waals surface area contributed by atoms with Crippen LogP contribution in [0.5, 0.6) is 0 Å². The zero-order chi connectivity index (χ0) is 10.7. The molecule has 0 bridgehead atoms. The van der Waals surface area contributed by atoms with Crippen molar-refractivity contribution in [1.29, 1.82) is 0 Å². The predicted octanol–water partition coefficient (Wildman–Crippen LogP) is 2.45. The minimum absolute atomic E-state index is 0.00440. The van der Waals surface area contributed by atoms with Crippen LogP contribution in [0.25, 0.3) is 0 Å². The largest absolute Gasteiger partial charge is 0.481 e. The van der Waals surface area contributed by atoms with Crippen molar-refractivity contribution < 1.29 is 14.6 Å². The Morgan fingerprint density at radius 1 is 1.33 bits per heavy atom. The van der Waals surface area contributed by atoms with E-state index in [4.69, 9.17) is 9.84 Å². The lowest BCUT2D eigenvalue weighted by Gasteiger charge is -2.15. The molecule has 2 aliphatic carbocycles. The van der Waals surface area contributed by atoms with Crippen molar-refractivity contribution >= 4 is 5.97 Å². The topological polar surface area (TPSA) is 46.5 Å². The van der Waals surface area contributed by atoms with Crippen molar-refractivity contribution in [1.82, 2.24) is 0 Å². The van der Waals surface area contributed by atoms with Gasteiger partial charge in [0.15, 0.2) is 0 Å². The highest BCUT2D eigenvalue weighted by Gasteiger charge is 2.44. The lowest BCUT2D eigenvalue weighted by molar-refractivity contribution is -0.139. The predicted molar refractivity (Wildman–Crippen MR) is 56.7 cm³/mol. The van der Waals surface area contributed by atoms with E-state index in [9.17, 15) is 4.79 Å². The van der Waals surface area contributed by atoms with E-state index in [0.29, 0.717) is 6.61 Å². The van der Waals surface area contributed by atoms with Crippen LogP contribution >= 0.6 is 0 Å².